The van der Waals surface area contributed by atoms with Crippen LogP contribution in [0.1, 0.15) is 42.5 Å². The summed E-state index contributed by atoms with van der Waals surface area (Å²) in [4.78, 5) is 14.6. The lowest BCUT2D eigenvalue weighted by molar-refractivity contribution is 0.00739. The number of ether oxygens (including phenoxy) is 1. The fourth-order valence-corrected chi connectivity index (χ4v) is 3.61. The largest absolute Gasteiger partial charge is 0.462 e. The average Bonchev–Trinajstić information content (AvgIpc) is 2.53. The van der Waals surface area contributed by atoms with Crippen LogP contribution in [0.4, 0.5) is 0 Å². The van der Waals surface area contributed by atoms with Crippen molar-refractivity contribution in [2.45, 2.75) is 38.1 Å². The van der Waals surface area contributed by atoms with Gasteiger partial charge >= 0.3 is 5.97 Å². The number of benzene rings is 1. The molecule has 0 spiro atoms. The zero-order valence-corrected chi connectivity index (χ0v) is 12.0. The molecule has 0 bridgehead atoms. The summed E-state index contributed by atoms with van der Waals surface area (Å²) in [6.45, 7) is 3.04. The molecule has 2 fully saturated rings. The second-order valence-electron chi connectivity index (χ2n) is 5.97. The van der Waals surface area contributed by atoms with Crippen molar-refractivity contribution >= 4 is 5.97 Å². The maximum Gasteiger partial charge on any atom is 0.338 e. The lowest BCUT2D eigenvalue weighted by Crippen LogP contribution is -2.49. The molecule has 1 aromatic rings. The Hall–Kier alpha value is -1.35. The van der Waals surface area contributed by atoms with Crippen LogP contribution in [-0.2, 0) is 4.74 Å². The summed E-state index contributed by atoms with van der Waals surface area (Å²) in [5, 5.41) is 0. The summed E-state index contributed by atoms with van der Waals surface area (Å²) >= 11 is 0. The summed E-state index contributed by atoms with van der Waals surface area (Å²) in [5.41, 5.74) is 0.656. The number of carbonyl (C=O) groups is 1. The molecule has 3 nitrogen and oxygen atoms in total. The molecule has 108 valence electrons. The maximum absolute atomic E-state index is 12.0. The molecule has 3 rings (SSSR count). The van der Waals surface area contributed by atoms with E-state index >= 15 is 0 Å². The molecule has 1 aromatic carbocycles. The molecule has 0 aromatic heterocycles. The van der Waals surface area contributed by atoms with Gasteiger partial charge in [-0.2, -0.15) is 0 Å². The van der Waals surface area contributed by atoms with Crippen LogP contribution in [0.15, 0.2) is 30.3 Å². The van der Waals surface area contributed by atoms with Gasteiger partial charge in [-0.15, -0.1) is 0 Å². The second-order valence-corrected chi connectivity index (χ2v) is 5.97. The van der Waals surface area contributed by atoms with Crippen LogP contribution < -0.4 is 0 Å². The zero-order valence-electron chi connectivity index (χ0n) is 12.0. The third kappa shape index (κ3) is 3.04. The number of esters is 1. The highest BCUT2D eigenvalue weighted by Crippen LogP contribution is 2.31. The molecular weight excluding hydrogens is 250 g/mol. The third-order valence-electron chi connectivity index (χ3n) is 4.67. The standard InChI is InChI=1S/C17H23NO2/c19-17(14-7-2-1-3-8-14)20-13-15-9-6-12-18-11-5-4-10-16(15)18/h1-3,7-8,15-16H,4-6,9-13H2. The Morgan fingerprint density at radius 3 is 2.75 bits per heavy atom. The second kappa shape index (κ2) is 6.40. The quantitative estimate of drug-likeness (QED) is 0.793. The van der Waals surface area contributed by atoms with Crippen molar-refractivity contribution in [3.63, 3.8) is 0 Å². The molecule has 2 unspecified atom stereocenters. The zero-order chi connectivity index (χ0) is 13.8. The van der Waals surface area contributed by atoms with Gasteiger partial charge in [0.2, 0.25) is 0 Å². The van der Waals surface area contributed by atoms with Crippen LogP contribution in [0.2, 0.25) is 0 Å². The first kappa shape index (κ1) is 13.6. The van der Waals surface area contributed by atoms with Crippen molar-refractivity contribution < 1.29 is 9.53 Å². The van der Waals surface area contributed by atoms with Gasteiger partial charge in [0.1, 0.15) is 0 Å². The van der Waals surface area contributed by atoms with E-state index in [4.69, 9.17) is 4.74 Å². The van der Waals surface area contributed by atoms with E-state index in [0.717, 1.165) is 0 Å². The molecule has 2 atom stereocenters. The number of hydrogen-bond donors (Lipinski definition) is 0. The average molecular weight is 273 g/mol. The lowest BCUT2D eigenvalue weighted by Gasteiger charge is -2.44. The van der Waals surface area contributed by atoms with Gasteiger partial charge in [-0.05, 0) is 50.9 Å². The minimum absolute atomic E-state index is 0.182. The molecule has 0 aliphatic carbocycles. The topological polar surface area (TPSA) is 29.5 Å². The van der Waals surface area contributed by atoms with Crippen molar-refractivity contribution in [2.24, 2.45) is 5.92 Å². The highest BCUT2D eigenvalue weighted by Gasteiger charge is 2.33. The SMILES string of the molecule is O=C(OCC1CCCN2CCCCC12)c1ccccc1. The molecule has 0 radical (unpaired) electrons. The van der Waals surface area contributed by atoms with Crippen molar-refractivity contribution in [2.75, 3.05) is 19.7 Å². The molecule has 2 aliphatic rings. The van der Waals surface area contributed by atoms with Crippen molar-refractivity contribution in [3.05, 3.63) is 35.9 Å². The predicted octanol–water partition coefficient (Wildman–Crippen LogP) is 3.11. The van der Waals surface area contributed by atoms with Gasteiger partial charge < -0.3 is 4.74 Å². The number of fused-ring (bicyclic) bond motifs is 1. The van der Waals surface area contributed by atoms with Gasteiger partial charge in [0.05, 0.1) is 12.2 Å². The van der Waals surface area contributed by atoms with E-state index in [-0.39, 0.29) is 5.97 Å². The number of rotatable bonds is 3. The summed E-state index contributed by atoms with van der Waals surface area (Å²) in [5.74, 6) is 0.343. The first-order valence-corrected chi connectivity index (χ1v) is 7.81. The van der Waals surface area contributed by atoms with Crippen LogP contribution in [-0.4, -0.2) is 36.6 Å². The Labute approximate surface area is 120 Å². The molecule has 3 heteroatoms. The Bertz CT molecular complexity index is 444. The first-order chi connectivity index (χ1) is 9.84. The summed E-state index contributed by atoms with van der Waals surface area (Å²) in [7, 11) is 0. The van der Waals surface area contributed by atoms with Crippen LogP contribution in [0.3, 0.4) is 0 Å². The number of carbonyl (C=O) groups excluding carboxylic acids is 1. The van der Waals surface area contributed by atoms with Gasteiger partial charge in [-0.3, -0.25) is 4.90 Å². The summed E-state index contributed by atoms with van der Waals surface area (Å²) in [6, 6.07) is 9.94. The highest BCUT2D eigenvalue weighted by molar-refractivity contribution is 5.89. The molecule has 0 saturated carbocycles. The van der Waals surface area contributed by atoms with Crippen molar-refractivity contribution in [1.29, 1.82) is 0 Å². The number of piperidine rings is 2. The summed E-state index contributed by atoms with van der Waals surface area (Å²) < 4.78 is 5.55. The Morgan fingerprint density at radius 1 is 1.10 bits per heavy atom. The van der Waals surface area contributed by atoms with Gasteiger partial charge in [0.25, 0.3) is 0 Å². The van der Waals surface area contributed by atoms with E-state index in [9.17, 15) is 4.79 Å². The highest BCUT2D eigenvalue weighted by atomic mass is 16.5. The van der Waals surface area contributed by atoms with Gasteiger partial charge in [-0.25, -0.2) is 4.79 Å². The minimum atomic E-state index is -0.182. The molecule has 0 amide bonds. The smallest absolute Gasteiger partial charge is 0.338 e. The fourth-order valence-electron chi connectivity index (χ4n) is 3.61. The molecule has 20 heavy (non-hydrogen) atoms. The van der Waals surface area contributed by atoms with Gasteiger partial charge in [-0.1, -0.05) is 24.6 Å². The normalized spacial score (nSPS) is 26.8. The molecule has 0 N–H and O–H groups in total. The lowest BCUT2D eigenvalue weighted by atomic mass is 9.84. The monoisotopic (exact) mass is 273 g/mol. The Balaban J connectivity index is 1.56. The molecule has 2 saturated heterocycles. The first-order valence-electron chi connectivity index (χ1n) is 7.81. The summed E-state index contributed by atoms with van der Waals surface area (Å²) in [6.07, 6.45) is 6.36. The fraction of sp³-hybridized carbons (Fsp3) is 0.588. The van der Waals surface area contributed by atoms with E-state index in [1.165, 1.54) is 45.2 Å². The number of hydrogen-bond acceptors (Lipinski definition) is 3. The van der Waals surface area contributed by atoms with Crippen LogP contribution in [0.5, 0.6) is 0 Å². The molecular formula is C17H23NO2. The van der Waals surface area contributed by atoms with Gasteiger partial charge in [0, 0.05) is 12.0 Å². The Kier molecular flexibility index (Phi) is 4.36. The van der Waals surface area contributed by atoms with E-state index in [1.54, 1.807) is 0 Å². The van der Waals surface area contributed by atoms with Crippen LogP contribution in [0.25, 0.3) is 0 Å². The third-order valence-corrected chi connectivity index (χ3v) is 4.67. The van der Waals surface area contributed by atoms with E-state index in [0.29, 0.717) is 24.1 Å². The van der Waals surface area contributed by atoms with Crippen molar-refractivity contribution in [3.8, 4) is 0 Å². The molecule has 2 heterocycles. The van der Waals surface area contributed by atoms with Crippen molar-refractivity contribution in [1.82, 2.24) is 4.90 Å². The van der Waals surface area contributed by atoms with Gasteiger partial charge in [0.15, 0.2) is 0 Å². The minimum Gasteiger partial charge on any atom is -0.462 e. The predicted molar refractivity (Wildman–Crippen MR) is 78.7 cm³/mol. The van der Waals surface area contributed by atoms with E-state index in [1.807, 2.05) is 30.3 Å². The van der Waals surface area contributed by atoms with E-state index < -0.39 is 0 Å². The Morgan fingerprint density at radius 2 is 1.90 bits per heavy atom. The maximum atomic E-state index is 12.0. The number of nitrogens with zero attached hydrogens (tertiary/aromatic N) is 1. The van der Waals surface area contributed by atoms with Crippen LogP contribution in [0, 0.1) is 5.92 Å². The van der Waals surface area contributed by atoms with E-state index in [2.05, 4.69) is 4.90 Å². The molecule has 2 aliphatic heterocycles. The van der Waals surface area contributed by atoms with Crippen LogP contribution >= 0.6 is 0 Å².